The van der Waals surface area contributed by atoms with E-state index in [9.17, 15) is 18.0 Å². The number of carbonyl (C=O) groups excluding carboxylic acids is 1. The van der Waals surface area contributed by atoms with Crippen LogP contribution in [0.3, 0.4) is 0 Å². The van der Waals surface area contributed by atoms with Crippen LogP contribution in [0.5, 0.6) is 0 Å². The largest absolute Gasteiger partial charge is 0.401 e. The summed E-state index contributed by atoms with van der Waals surface area (Å²) in [7, 11) is 3.01. The van der Waals surface area contributed by atoms with Crippen molar-refractivity contribution >= 4 is 29.2 Å². The van der Waals surface area contributed by atoms with Crippen LogP contribution >= 0.6 is 23.2 Å². The Morgan fingerprint density at radius 3 is 2.46 bits per heavy atom. The van der Waals surface area contributed by atoms with Crippen molar-refractivity contribution in [3.05, 3.63) is 33.8 Å². The maximum Gasteiger partial charge on any atom is 0.401 e. The van der Waals surface area contributed by atoms with Crippen molar-refractivity contribution in [1.29, 1.82) is 0 Å². The van der Waals surface area contributed by atoms with E-state index in [0.29, 0.717) is 29.6 Å². The molecule has 0 bridgehead atoms. The van der Waals surface area contributed by atoms with Crippen molar-refractivity contribution in [1.82, 2.24) is 15.1 Å². The molecular weight excluding hydrogens is 366 g/mol. The van der Waals surface area contributed by atoms with E-state index >= 15 is 0 Å². The lowest BCUT2D eigenvalue weighted by molar-refractivity contribution is -0.143. The van der Waals surface area contributed by atoms with E-state index in [1.165, 1.54) is 16.8 Å². The average molecular weight is 386 g/mol. The van der Waals surface area contributed by atoms with E-state index in [1.54, 1.807) is 25.2 Å². The number of amides is 2. The van der Waals surface area contributed by atoms with Crippen molar-refractivity contribution in [3.8, 4) is 0 Å². The van der Waals surface area contributed by atoms with Gasteiger partial charge in [-0.3, -0.25) is 4.90 Å². The minimum atomic E-state index is -4.21. The van der Waals surface area contributed by atoms with Crippen LogP contribution in [0.2, 0.25) is 10.0 Å². The van der Waals surface area contributed by atoms with E-state index in [0.717, 1.165) is 5.56 Å². The molecule has 1 aromatic rings. The Balaban J connectivity index is 2.30. The Bertz CT molecular complexity index is 555. The van der Waals surface area contributed by atoms with Crippen LogP contribution in [-0.2, 0) is 6.54 Å². The first-order valence-electron chi connectivity index (χ1n) is 7.26. The second-order valence-corrected chi connectivity index (χ2v) is 6.36. The first kappa shape index (κ1) is 20.9. The van der Waals surface area contributed by atoms with Crippen molar-refractivity contribution in [2.24, 2.45) is 0 Å². The maximum absolute atomic E-state index is 12.2. The van der Waals surface area contributed by atoms with Gasteiger partial charge in [0, 0.05) is 20.1 Å². The summed E-state index contributed by atoms with van der Waals surface area (Å²) in [6, 6.07) is 4.80. The molecule has 0 saturated carbocycles. The van der Waals surface area contributed by atoms with E-state index in [-0.39, 0.29) is 12.6 Å². The van der Waals surface area contributed by atoms with Gasteiger partial charge in [-0.15, -0.1) is 0 Å². The molecule has 0 heterocycles. The van der Waals surface area contributed by atoms with Gasteiger partial charge in [-0.05, 0) is 37.7 Å². The molecule has 0 spiro atoms. The van der Waals surface area contributed by atoms with Gasteiger partial charge in [0.1, 0.15) is 0 Å². The standard InChI is InChI=1S/C15H20Cl2F3N3O/c1-22(10-15(18,19)20)7-3-6-21-14(24)23(2)9-11-4-5-12(16)13(17)8-11/h4-5,8H,3,6-7,9-10H2,1-2H3,(H,21,24). The zero-order chi connectivity index (χ0) is 18.3. The van der Waals surface area contributed by atoms with E-state index in [2.05, 4.69) is 5.32 Å². The van der Waals surface area contributed by atoms with Gasteiger partial charge in [0.25, 0.3) is 0 Å². The second-order valence-electron chi connectivity index (χ2n) is 5.54. The fourth-order valence-corrected chi connectivity index (χ4v) is 2.37. The van der Waals surface area contributed by atoms with Crippen LogP contribution in [0.4, 0.5) is 18.0 Å². The zero-order valence-electron chi connectivity index (χ0n) is 13.5. The molecule has 24 heavy (non-hydrogen) atoms. The Hall–Kier alpha value is -1.18. The third-order valence-corrected chi connectivity index (χ3v) is 3.93. The molecule has 1 rings (SSSR count). The van der Waals surface area contributed by atoms with Gasteiger partial charge < -0.3 is 10.2 Å². The normalized spacial score (nSPS) is 11.7. The summed E-state index contributed by atoms with van der Waals surface area (Å²) in [6.45, 7) is -0.0715. The summed E-state index contributed by atoms with van der Waals surface area (Å²) in [5.74, 6) is 0. The highest BCUT2D eigenvalue weighted by Gasteiger charge is 2.28. The molecule has 0 fully saturated rings. The van der Waals surface area contributed by atoms with Gasteiger partial charge in [-0.2, -0.15) is 13.2 Å². The van der Waals surface area contributed by atoms with Gasteiger partial charge in [-0.25, -0.2) is 4.79 Å². The van der Waals surface area contributed by atoms with Crippen LogP contribution in [0.1, 0.15) is 12.0 Å². The van der Waals surface area contributed by atoms with Crippen LogP contribution in [0, 0.1) is 0 Å². The Morgan fingerprint density at radius 2 is 1.88 bits per heavy atom. The van der Waals surface area contributed by atoms with Gasteiger partial charge in [0.2, 0.25) is 0 Å². The summed E-state index contributed by atoms with van der Waals surface area (Å²) in [6.07, 6.45) is -3.78. The average Bonchev–Trinajstić information content (AvgIpc) is 2.45. The Kier molecular flexibility index (Phi) is 8.12. The van der Waals surface area contributed by atoms with Crippen LogP contribution in [0.15, 0.2) is 18.2 Å². The highest BCUT2D eigenvalue weighted by atomic mass is 35.5. The molecule has 0 aliphatic rings. The van der Waals surface area contributed by atoms with Crippen molar-refractivity contribution in [2.45, 2.75) is 19.1 Å². The number of hydrogen-bond donors (Lipinski definition) is 1. The molecule has 136 valence electrons. The van der Waals surface area contributed by atoms with Gasteiger partial charge in [-0.1, -0.05) is 29.3 Å². The summed E-state index contributed by atoms with van der Waals surface area (Å²) < 4.78 is 36.5. The molecule has 0 atom stereocenters. The molecule has 0 unspecified atom stereocenters. The number of halogens is 5. The molecule has 0 aliphatic carbocycles. The summed E-state index contributed by atoms with van der Waals surface area (Å²) in [4.78, 5) is 14.6. The summed E-state index contributed by atoms with van der Waals surface area (Å²) in [5.41, 5.74) is 0.826. The smallest absolute Gasteiger partial charge is 0.338 e. The molecule has 4 nitrogen and oxygen atoms in total. The predicted octanol–water partition coefficient (Wildman–Crippen LogP) is 4.02. The fraction of sp³-hybridized carbons (Fsp3) is 0.533. The molecule has 0 aromatic heterocycles. The lowest BCUT2D eigenvalue weighted by Crippen LogP contribution is -2.38. The van der Waals surface area contributed by atoms with Crippen LogP contribution in [0.25, 0.3) is 0 Å². The van der Waals surface area contributed by atoms with Crippen LogP contribution in [-0.4, -0.2) is 55.7 Å². The number of carbonyl (C=O) groups is 1. The van der Waals surface area contributed by atoms with Gasteiger partial charge in [0.15, 0.2) is 0 Å². The van der Waals surface area contributed by atoms with Gasteiger partial charge >= 0.3 is 12.2 Å². The summed E-state index contributed by atoms with van der Waals surface area (Å²) >= 11 is 11.7. The predicted molar refractivity (Wildman–Crippen MR) is 89.5 cm³/mol. The molecule has 0 radical (unpaired) electrons. The topological polar surface area (TPSA) is 35.6 Å². The molecule has 0 saturated heterocycles. The SMILES string of the molecule is CN(CCCNC(=O)N(C)Cc1ccc(Cl)c(Cl)c1)CC(F)(F)F. The molecule has 9 heteroatoms. The van der Waals surface area contributed by atoms with E-state index < -0.39 is 12.7 Å². The van der Waals surface area contributed by atoms with E-state index in [4.69, 9.17) is 23.2 Å². The van der Waals surface area contributed by atoms with Crippen LogP contribution < -0.4 is 5.32 Å². The highest BCUT2D eigenvalue weighted by Crippen LogP contribution is 2.23. The highest BCUT2D eigenvalue weighted by molar-refractivity contribution is 6.42. The summed E-state index contributed by atoms with van der Waals surface area (Å²) in [5, 5.41) is 3.52. The molecular formula is C15H20Cl2F3N3O. The number of nitrogens with one attached hydrogen (secondary N) is 1. The monoisotopic (exact) mass is 385 g/mol. The molecule has 0 aliphatic heterocycles. The number of hydrogen-bond acceptors (Lipinski definition) is 2. The minimum Gasteiger partial charge on any atom is -0.338 e. The van der Waals surface area contributed by atoms with Crippen molar-refractivity contribution in [2.75, 3.05) is 33.7 Å². The Labute approximate surface area is 149 Å². The number of benzene rings is 1. The number of rotatable bonds is 7. The third-order valence-electron chi connectivity index (χ3n) is 3.19. The first-order valence-corrected chi connectivity index (χ1v) is 8.02. The first-order chi connectivity index (χ1) is 11.1. The second kappa shape index (κ2) is 9.34. The Morgan fingerprint density at radius 1 is 1.21 bits per heavy atom. The fourth-order valence-electron chi connectivity index (χ4n) is 2.05. The number of alkyl halides is 3. The number of nitrogens with zero attached hydrogens (tertiary/aromatic N) is 2. The third kappa shape index (κ3) is 8.08. The quantitative estimate of drug-likeness (QED) is 0.719. The lowest BCUT2D eigenvalue weighted by Gasteiger charge is -2.20. The lowest BCUT2D eigenvalue weighted by atomic mass is 10.2. The van der Waals surface area contributed by atoms with Crippen molar-refractivity contribution in [3.63, 3.8) is 0 Å². The van der Waals surface area contributed by atoms with E-state index in [1.807, 2.05) is 0 Å². The molecule has 1 N–H and O–H groups in total. The molecule has 1 aromatic carbocycles. The maximum atomic E-state index is 12.2. The molecule has 2 amide bonds. The van der Waals surface area contributed by atoms with Gasteiger partial charge in [0.05, 0.1) is 16.6 Å². The minimum absolute atomic E-state index is 0.246. The zero-order valence-corrected chi connectivity index (χ0v) is 15.0. The number of urea groups is 1. The van der Waals surface area contributed by atoms with Crippen molar-refractivity contribution < 1.29 is 18.0 Å².